The van der Waals surface area contributed by atoms with Gasteiger partial charge in [-0.15, -0.1) is 0 Å². The molecule has 0 saturated carbocycles. The van der Waals surface area contributed by atoms with Crippen LogP contribution in [0.15, 0.2) is 24.7 Å². The van der Waals surface area contributed by atoms with Crippen molar-refractivity contribution in [3.05, 3.63) is 30.2 Å². The van der Waals surface area contributed by atoms with Crippen molar-refractivity contribution in [2.24, 2.45) is 0 Å². The largest absolute Gasteiger partial charge is 0.221 e. The second-order valence-corrected chi connectivity index (χ2v) is 2.42. The molecule has 0 aliphatic carbocycles. The molecule has 3 heteroatoms. The smallest absolute Gasteiger partial charge is 0.158 e. The van der Waals surface area contributed by atoms with Gasteiger partial charge in [-0.05, 0) is 18.1 Å². The zero-order valence-electron chi connectivity index (χ0n) is 6.36. The Morgan fingerprint density at radius 3 is 3.27 bits per heavy atom. The fourth-order valence-corrected chi connectivity index (χ4v) is 1.18. The summed E-state index contributed by atoms with van der Waals surface area (Å²) < 4.78 is 1.79. The second-order valence-electron chi connectivity index (χ2n) is 2.42. The fourth-order valence-electron chi connectivity index (χ4n) is 1.18. The van der Waals surface area contributed by atoms with E-state index in [1.54, 1.807) is 10.8 Å². The summed E-state index contributed by atoms with van der Waals surface area (Å²) in [7, 11) is 0. The molecule has 11 heavy (non-hydrogen) atoms. The Bertz CT molecular complexity index is 364. The van der Waals surface area contributed by atoms with Crippen LogP contribution >= 0.6 is 0 Å². The molecule has 0 saturated heterocycles. The molecule has 0 bridgehead atoms. The van der Waals surface area contributed by atoms with Gasteiger partial charge in [0, 0.05) is 6.20 Å². The van der Waals surface area contributed by atoms with Crippen LogP contribution in [-0.4, -0.2) is 14.6 Å². The van der Waals surface area contributed by atoms with E-state index in [0.717, 1.165) is 12.1 Å². The summed E-state index contributed by atoms with van der Waals surface area (Å²) in [4.78, 5) is 4.14. The molecule has 0 aliphatic rings. The first-order chi connectivity index (χ1) is 5.42. The van der Waals surface area contributed by atoms with Crippen molar-refractivity contribution in [3.63, 3.8) is 0 Å². The van der Waals surface area contributed by atoms with Gasteiger partial charge in [0.05, 0.1) is 0 Å². The van der Waals surface area contributed by atoms with Crippen LogP contribution in [0.4, 0.5) is 0 Å². The van der Waals surface area contributed by atoms with E-state index in [1.807, 2.05) is 12.3 Å². The van der Waals surface area contributed by atoms with Gasteiger partial charge < -0.3 is 0 Å². The maximum absolute atomic E-state index is 4.14. The van der Waals surface area contributed by atoms with Crippen molar-refractivity contribution >= 4 is 5.65 Å². The average Bonchev–Trinajstić information content (AvgIpc) is 2.50. The highest BCUT2D eigenvalue weighted by Gasteiger charge is 1.98. The van der Waals surface area contributed by atoms with E-state index in [-0.39, 0.29) is 0 Å². The summed E-state index contributed by atoms with van der Waals surface area (Å²) in [6.07, 6.45) is 4.49. The summed E-state index contributed by atoms with van der Waals surface area (Å²) in [6, 6.07) is 4.06. The lowest BCUT2D eigenvalue weighted by Gasteiger charge is -1.96. The Balaban J connectivity index is 2.79. The predicted molar refractivity (Wildman–Crippen MR) is 42.4 cm³/mol. The monoisotopic (exact) mass is 147 g/mol. The first-order valence-electron chi connectivity index (χ1n) is 3.69. The van der Waals surface area contributed by atoms with Gasteiger partial charge in [0.25, 0.3) is 0 Å². The molecule has 0 aliphatic heterocycles. The molecule has 3 nitrogen and oxygen atoms in total. The molecule has 2 aromatic rings. The summed E-state index contributed by atoms with van der Waals surface area (Å²) in [5.74, 6) is 0. The van der Waals surface area contributed by atoms with E-state index in [1.165, 1.54) is 5.56 Å². The summed E-state index contributed by atoms with van der Waals surface area (Å²) in [5.41, 5.74) is 2.21. The third-order valence-corrected chi connectivity index (χ3v) is 1.77. The highest BCUT2D eigenvalue weighted by Crippen LogP contribution is 2.06. The van der Waals surface area contributed by atoms with Crippen molar-refractivity contribution in [1.82, 2.24) is 14.6 Å². The van der Waals surface area contributed by atoms with Gasteiger partial charge in [-0.3, -0.25) is 0 Å². The molecule has 0 spiro atoms. The van der Waals surface area contributed by atoms with E-state index in [4.69, 9.17) is 0 Å². The standard InChI is InChI=1S/C8H9N3/c1-2-7-4-3-5-11-8(7)9-6-10-11/h3-6H,2H2,1H3. The van der Waals surface area contributed by atoms with Crippen LogP contribution in [0.25, 0.3) is 5.65 Å². The lowest BCUT2D eigenvalue weighted by molar-refractivity contribution is 0.947. The van der Waals surface area contributed by atoms with E-state index in [2.05, 4.69) is 23.1 Å². The minimum absolute atomic E-state index is 0.968. The molecule has 2 aromatic heterocycles. The minimum Gasteiger partial charge on any atom is -0.221 e. The summed E-state index contributed by atoms with van der Waals surface area (Å²) in [5, 5.41) is 4.03. The van der Waals surface area contributed by atoms with E-state index in [9.17, 15) is 0 Å². The second kappa shape index (κ2) is 2.34. The number of hydrogen-bond acceptors (Lipinski definition) is 2. The van der Waals surface area contributed by atoms with Crippen molar-refractivity contribution < 1.29 is 0 Å². The lowest BCUT2D eigenvalue weighted by Crippen LogP contribution is -1.90. The van der Waals surface area contributed by atoms with Gasteiger partial charge in [-0.25, -0.2) is 9.50 Å². The number of rotatable bonds is 1. The van der Waals surface area contributed by atoms with Crippen molar-refractivity contribution in [3.8, 4) is 0 Å². The average molecular weight is 147 g/mol. The van der Waals surface area contributed by atoms with Gasteiger partial charge in [0.15, 0.2) is 5.65 Å². The summed E-state index contributed by atoms with van der Waals surface area (Å²) in [6.45, 7) is 2.12. The topological polar surface area (TPSA) is 30.2 Å². The molecule has 0 fully saturated rings. The van der Waals surface area contributed by atoms with Crippen molar-refractivity contribution in [2.75, 3.05) is 0 Å². The molecule has 0 radical (unpaired) electrons. The van der Waals surface area contributed by atoms with Crippen molar-refractivity contribution in [2.45, 2.75) is 13.3 Å². The van der Waals surface area contributed by atoms with Crippen LogP contribution in [0.2, 0.25) is 0 Å². The van der Waals surface area contributed by atoms with Gasteiger partial charge in [0.2, 0.25) is 0 Å². The van der Waals surface area contributed by atoms with Crippen LogP contribution in [-0.2, 0) is 6.42 Å². The minimum atomic E-state index is 0.968. The SMILES string of the molecule is CCc1cccn2ncnc12. The van der Waals surface area contributed by atoms with Crippen LogP contribution in [0.1, 0.15) is 12.5 Å². The van der Waals surface area contributed by atoms with Gasteiger partial charge in [-0.1, -0.05) is 13.0 Å². The number of hydrogen-bond donors (Lipinski definition) is 0. The molecule has 0 amide bonds. The van der Waals surface area contributed by atoms with Crippen LogP contribution in [0.3, 0.4) is 0 Å². The number of fused-ring (bicyclic) bond motifs is 1. The van der Waals surface area contributed by atoms with Gasteiger partial charge in [0.1, 0.15) is 6.33 Å². The van der Waals surface area contributed by atoms with E-state index in [0.29, 0.717) is 0 Å². The number of aromatic nitrogens is 3. The Morgan fingerprint density at radius 2 is 2.45 bits per heavy atom. The summed E-state index contributed by atoms with van der Waals surface area (Å²) >= 11 is 0. The highest BCUT2D eigenvalue weighted by atomic mass is 15.3. The molecular formula is C8H9N3. The molecule has 0 N–H and O–H groups in total. The van der Waals surface area contributed by atoms with Gasteiger partial charge >= 0.3 is 0 Å². The van der Waals surface area contributed by atoms with E-state index < -0.39 is 0 Å². The van der Waals surface area contributed by atoms with Crippen LogP contribution < -0.4 is 0 Å². The first-order valence-corrected chi connectivity index (χ1v) is 3.69. The van der Waals surface area contributed by atoms with Crippen molar-refractivity contribution in [1.29, 1.82) is 0 Å². The number of aryl methyl sites for hydroxylation is 1. The normalized spacial score (nSPS) is 10.6. The van der Waals surface area contributed by atoms with E-state index >= 15 is 0 Å². The quantitative estimate of drug-likeness (QED) is 0.608. The van der Waals surface area contributed by atoms with Crippen LogP contribution in [0, 0.1) is 0 Å². The van der Waals surface area contributed by atoms with Crippen LogP contribution in [0.5, 0.6) is 0 Å². The first kappa shape index (κ1) is 6.34. The Labute approximate surface area is 64.7 Å². The number of nitrogens with zero attached hydrogens (tertiary/aromatic N) is 3. The Kier molecular flexibility index (Phi) is 1.35. The molecule has 0 aromatic carbocycles. The van der Waals surface area contributed by atoms with Gasteiger partial charge in [-0.2, -0.15) is 5.10 Å². The lowest BCUT2D eigenvalue weighted by atomic mass is 10.2. The highest BCUT2D eigenvalue weighted by molar-refractivity contribution is 5.45. The maximum Gasteiger partial charge on any atom is 0.158 e. The molecule has 0 atom stereocenters. The molecule has 0 unspecified atom stereocenters. The third-order valence-electron chi connectivity index (χ3n) is 1.77. The predicted octanol–water partition coefficient (Wildman–Crippen LogP) is 1.29. The molecule has 2 heterocycles. The Morgan fingerprint density at radius 1 is 1.55 bits per heavy atom. The fraction of sp³-hybridized carbons (Fsp3) is 0.250. The zero-order chi connectivity index (χ0) is 7.68. The molecule has 2 rings (SSSR count). The number of pyridine rings is 1. The maximum atomic E-state index is 4.14. The molecule has 56 valence electrons. The zero-order valence-corrected chi connectivity index (χ0v) is 6.36. The third kappa shape index (κ3) is 0.888. The Hall–Kier alpha value is -1.38. The molecular weight excluding hydrogens is 138 g/mol.